The topological polar surface area (TPSA) is 21.3 Å². The molecule has 0 saturated carbocycles. The molecular formula is C15H25NO. The maximum atomic E-state index is 5.69. The first kappa shape index (κ1) is 14.0. The lowest BCUT2D eigenvalue weighted by molar-refractivity contribution is 0.313. The Hall–Kier alpha value is -1.02. The summed E-state index contributed by atoms with van der Waals surface area (Å²) >= 11 is 0. The minimum Gasteiger partial charge on any atom is -0.492 e. The first-order valence-corrected chi connectivity index (χ1v) is 6.65. The Balaban J connectivity index is 2.11. The van der Waals surface area contributed by atoms with Gasteiger partial charge >= 0.3 is 0 Å². The molecule has 0 amide bonds. The van der Waals surface area contributed by atoms with Gasteiger partial charge in [0, 0.05) is 6.54 Å². The summed E-state index contributed by atoms with van der Waals surface area (Å²) in [7, 11) is 0. The molecule has 0 aliphatic rings. The monoisotopic (exact) mass is 235 g/mol. The average molecular weight is 235 g/mol. The summed E-state index contributed by atoms with van der Waals surface area (Å²) in [5.41, 5.74) is 2.61. The summed E-state index contributed by atoms with van der Waals surface area (Å²) in [5.74, 6) is 0.975. The lowest BCUT2D eigenvalue weighted by Crippen LogP contribution is -2.22. The molecule has 2 heteroatoms. The van der Waals surface area contributed by atoms with E-state index in [0.717, 1.165) is 25.4 Å². The average Bonchev–Trinajstić information content (AvgIpc) is 2.32. The first-order valence-electron chi connectivity index (χ1n) is 6.65. The molecule has 0 fully saturated rings. The molecule has 1 aromatic carbocycles. The van der Waals surface area contributed by atoms with Gasteiger partial charge < -0.3 is 10.1 Å². The van der Waals surface area contributed by atoms with Crippen molar-refractivity contribution in [2.75, 3.05) is 19.7 Å². The van der Waals surface area contributed by atoms with Gasteiger partial charge in [-0.25, -0.2) is 0 Å². The van der Waals surface area contributed by atoms with E-state index >= 15 is 0 Å². The summed E-state index contributed by atoms with van der Waals surface area (Å²) in [5, 5.41) is 3.39. The smallest absolute Gasteiger partial charge is 0.119 e. The van der Waals surface area contributed by atoms with Crippen LogP contribution in [0.5, 0.6) is 5.75 Å². The maximum Gasteiger partial charge on any atom is 0.119 e. The van der Waals surface area contributed by atoms with Crippen LogP contribution in [0.1, 0.15) is 37.3 Å². The number of ether oxygens (including phenoxy) is 1. The predicted molar refractivity (Wildman–Crippen MR) is 73.8 cm³/mol. The molecule has 0 unspecified atom stereocenters. The zero-order chi connectivity index (χ0) is 12.5. The van der Waals surface area contributed by atoms with Gasteiger partial charge in [0.1, 0.15) is 12.4 Å². The van der Waals surface area contributed by atoms with Crippen LogP contribution >= 0.6 is 0 Å². The minimum atomic E-state index is 0.745. The number of aryl methyl sites for hydroxylation is 2. The minimum absolute atomic E-state index is 0.745. The van der Waals surface area contributed by atoms with Crippen molar-refractivity contribution in [2.24, 2.45) is 0 Å². The molecule has 96 valence electrons. The molecule has 1 N–H and O–H groups in total. The van der Waals surface area contributed by atoms with E-state index in [-0.39, 0.29) is 0 Å². The SMILES string of the molecule is CCCCCNCCOc1ccc(C)c(C)c1. The molecule has 0 saturated heterocycles. The third-order valence-corrected chi connectivity index (χ3v) is 2.98. The van der Waals surface area contributed by atoms with E-state index in [1.165, 1.54) is 30.4 Å². The van der Waals surface area contributed by atoms with E-state index in [9.17, 15) is 0 Å². The van der Waals surface area contributed by atoms with E-state index in [1.54, 1.807) is 0 Å². The van der Waals surface area contributed by atoms with Crippen LogP contribution in [0.2, 0.25) is 0 Å². The largest absolute Gasteiger partial charge is 0.492 e. The van der Waals surface area contributed by atoms with E-state index in [2.05, 4.69) is 38.2 Å². The molecule has 0 aromatic heterocycles. The Morgan fingerprint density at radius 3 is 2.59 bits per heavy atom. The molecule has 0 heterocycles. The third kappa shape index (κ3) is 5.73. The summed E-state index contributed by atoms with van der Waals surface area (Å²) in [6.45, 7) is 9.23. The van der Waals surface area contributed by atoms with Gasteiger partial charge in [-0.05, 0) is 50.1 Å². The Morgan fingerprint density at radius 1 is 1.06 bits per heavy atom. The first-order chi connectivity index (χ1) is 8.24. The molecule has 0 aliphatic carbocycles. The highest BCUT2D eigenvalue weighted by atomic mass is 16.5. The van der Waals surface area contributed by atoms with Gasteiger partial charge in [-0.3, -0.25) is 0 Å². The fourth-order valence-corrected chi connectivity index (χ4v) is 1.67. The van der Waals surface area contributed by atoms with Crippen LogP contribution in [-0.4, -0.2) is 19.7 Å². The molecular weight excluding hydrogens is 210 g/mol. The predicted octanol–water partition coefficient (Wildman–Crippen LogP) is 3.46. The van der Waals surface area contributed by atoms with Gasteiger partial charge in [-0.2, -0.15) is 0 Å². The molecule has 1 aromatic rings. The third-order valence-electron chi connectivity index (χ3n) is 2.98. The van der Waals surface area contributed by atoms with Crippen molar-refractivity contribution in [3.05, 3.63) is 29.3 Å². The number of benzene rings is 1. The molecule has 0 atom stereocenters. The second-order valence-corrected chi connectivity index (χ2v) is 4.55. The van der Waals surface area contributed by atoms with Crippen molar-refractivity contribution in [3.8, 4) is 5.75 Å². The van der Waals surface area contributed by atoms with Crippen LogP contribution in [0, 0.1) is 13.8 Å². The zero-order valence-corrected chi connectivity index (χ0v) is 11.4. The van der Waals surface area contributed by atoms with Crippen LogP contribution in [-0.2, 0) is 0 Å². The Labute approximate surface area is 105 Å². The summed E-state index contributed by atoms with van der Waals surface area (Å²) in [4.78, 5) is 0. The van der Waals surface area contributed by atoms with Crippen molar-refractivity contribution < 1.29 is 4.74 Å². The lowest BCUT2D eigenvalue weighted by Gasteiger charge is -2.09. The van der Waals surface area contributed by atoms with Crippen LogP contribution < -0.4 is 10.1 Å². The van der Waals surface area contributed by atoms with Gasteiger partial charge in [-0.15, -0.1) is 0 Å². The van der Waals surface area contributed by atoms with Gasteiger partial charge in [0.15, 0.2) is 0 Å². The van der Waals surface area contributed by atoms with Crippen LogP contribution in [0.15, 0.2) is 18.2 Å². The number of rotatable bonds is 8. The second-order valence-electron chi connectivity index (χ2n) is 4.55. The van der Waals surface area contributed by atoms with Crippen LogP contribution in [0.25, 0.3) is 0 Å². The number of hydrogen-bond donors (Lipinski definition) is 1. The van der Waals surface area contributed by atoms with E-state index < -0.39 is 0 Å². The summed E-state index contributed by atoms with van der Waals surface area (Å²) in [6.07, 6.45) is 3.85. The van der Waals surface area contributed by atoms with E-state index in [0.29, 0.717) is 0 Å². The molecule has 0 aliphatic heterocycles. The van der Waals surface area contributed by atoms with Crippen molar-refractivity contribution >= 4 is 0 Å². The summed E-state index contributed by atoms with van der Waals surface area (Å²) < 4.78 is 5.69. The highest BCUT2D eigenvalue weighted by Gasteiger charge is 1.96. The van der Waals surface area contributed by atoms with Crippen molar-refractivity contribution in [1.29, 1.82) is 0 Å². The van der Waals surface area contributed by atoms with E-state index in [1.807, 2.05) is 6.07 Å². The summed E-state index contributed by atoms with van der Waals surface area (Å²) in [6, 6.07) is 6.26. The normalized spacial score (nSPS) is 10.5. The van der Waals surface area contributed by atoms with Gasteiger partial charge in [0.25, 0.3) is 0 Å². The molecule has 0 radical (unpaired) electrons. The maximum absolute atomic E-state index is 5.69. The number of nitrogens with one attached hydrogen (secondary N) is 1. The highest BCUT2D eigenvalue weighted by Crippen LogP contribution is 2.15. The van der Waals surface area contributed by atoms with Crippen molar-refractivity contribution in [3.63, 3.8) is 0 Å². The Bertz CT molecular complexity index is 323. The second kappa shape index (κ2) is 8.13. The van der Waals surface area contributed by atoms with Gasteiger partial charge in [-0.1, -0.05) is 25.8 Å². The van der Waals surface area contributed by atoms with Crippen molar-refractivity contribution in [1.82, 2.24) is 5.32 Å². The fraction of sp³-hybridized carbons (Fsp3) is 0.600. The zero-order valence-electron chi connectivity index (χ0n) is 11.4. The Morgan fingerprint density at radius 2 is 1.88 bits per heavy atom. The lowest BCUT2D eigenvalue weighted by atomic mass is 10.1. The van der Waals surface area contributed by atoms with Crippen molar-refractivity contribution in [2.45, 2.75) is 40.0 Å². The molecule has 0 bridgehead atoms. The van der Waals surface area contributed by atoms with Gasteiger partial charge in [0.05, 0.1) is 0 Å². The van der Waals surface area contributed by atoms with Gasteiger partial charge in [0.2, 0.25) is 0 Å². The van der Waals surface area contributed by atoms with E-state index in [4.69, 9.17) is 4.74 Å². The highest BCUT2D eigenvalue weighted by molar-refractivity contribution is 5.33. The quantitative estimate of drug-likeness (QED) is 0.697. The van der Waals surface area contributed by atoms with Crippen LogP contribution in [0.3, 0.4) is 0 Å². The molecule has 0 spiro atoms. The fourth-order valence-electron chi connectivity index (χ4n) is 1.67. The number of unbranched alkanes of at least 4 members (excludes halogenated alkanes) is 2. The molecule has 2 nitrogen and oxygen atoms in total. The number of hydrogen-bond acceptors (Lipinski definition) is 2. The molecule has 17 heavy (non-hydrogen) atoms. The Kier molecular flexibility index (Phi) is 6.71. The van der Waals surface area contributed by atoms with Crippen LogP contribution in [0.4, 0.5) is 0 Å². The standard InChI is InChI=1S/C15H25NO/c1-4-5-6-9-16-10-11-17-15-8-7-13(2)14(3)12-15/h7-8,12,16H,4-6,9-11H2,1-3H3. The molecule has 1 rings (SSSR count).